The number of aldehydes is 1. The highest BCUT2D eigenvalue weighted by atomic mass is 16.4. The standard InChI is InChI=1S/C9H15NO3/c1-7(4-5-11)8(9(12)13)6-10(2)3/h5-7H,4H2,1-3H3,(H,12,13). The maximum atomic E-state index is 10.7. The van der Waals surface area contributed by atoms with Gasteiger partial charge in [0, 0.05) is 26.7 Å². The summed E-state index contributed by atoms with van der Waals surface area (Å²) in [6, 6.07) is 0. The van der Waals surface area contributed by atoms with Gasteiger partial charge in [0.1, 0.15) is 6.29 Å². The number of carboxylic acids is 1. The van der Waals surface area contributed by atoms with Gasteiger partial charge in [-0.15, -0.1) is 0 Å². The van der Waals surface area contributed by atoms with Crippen LogP contribution in [-0.2, 0) is 9.59 Å². The summed E-state index contributed by atoms with van der Waals surface area (Å²) in [5.74, 6) is -1.21. The van der Waals surface area contributed by atoms with E-state index in [-0.39, 0.29) is 17.9 Å². The van der Waals surface area contributed by atoms with Gasteiger partial charge >= 0.3 is 5.97 Å². The Morgan fingerprint density at radius 2 is 2.08 bits per heavy atom. The van der Waals surface area contributed by atoms with Crippen molar-refractivity contribution in [3.63, 3.8) is 0 Å². The van der Waals surface area contributed by atoms with E-state index in [0.717, 1.165) is 6.29 Å². The Bertz CT molecular complexity index is 221. The summed E-state index contributed by atoms with van der Waals surface area (Å²) in [5.41, 5.74) is 0.261. The number of carboxylic acid groups (broad SMARTS) is 1. The zero-order valence-electron chi connectivity index (χ0n) is 8.15. The Morgan fingerprint density at radius 3 is 2.38 bits per heavy atom. The van der Waals surface area contributed by atoms with Crippen LogP contribution in [0.2, 0.25) is 0 Å². The fourth-order valence-corrected chi connectivity index (χ4v) is 0.943. The predicted octanol–water partition coefficient (Wildman–Crippen LogP) is 0.742. The highest BCUT2D eigenvalue weighted by molar-refractivity contribution is 5.87. The van der Waals surface area contributed by atoms with E-state index in [1.165, 1.54) is 6.20 Å². The molecule has 0 aliphatic rings. The number of hydrogen-bond acceptors (Lipinski definition) is 3. The van der Waals surface area contributed by atoms with Crippen LogP contribution in [0.4, 0.5) is 0 Å². The number of carbonyl (C=O) groups excluding carboxylic acids is 1. The average Bonchev–Trinajstić information content (AvgIpc) is 1.99. The molecule has 0 radical (unpaired) electrons. The molecule has 4 nitrogen and oxygen atoms in total. The molecule has 0 bridgehead atoms. The molecular weight excluding hydrogens is 170 g/mol. The second kappa shape index (κ2) is 5.35. The van der Waals surface area contributed by atoms with Gasteiger partial charge in [0.05, 0.1) is 5.57 Å². The summed E-state index contributed by atoms with van der Waals surface area (Å²) in [6.07, 6.45) is 2.50. The molecule has 0 spiro atoms. The molecule has 0 heterocycles. The summed E-state index contributed by atoms with van der Waals surface area (Å²) in [4.78, 5) is 22.6. The number of aliphatic carboxylic acids is 1. The third-order valence-electron chi connectivity index (χ3n) is 1.62. The van der Waals surface area contributed by atoms with Crippen LogP contribution in [0.25, 0.3) is 0 Å². The first-order chi connectivity index (χ1) is 5.99. The van der Waals surface area contributed by atoms with Gasteiger partial charge in [0.2, 0.25) is 0 Å². The van der Waals surface area contributed by atoms with E-state index in [1.807, 2.05) is 0 Å². The van der Waals surface area contributed by atoms with Crippen molar-refractivity contribution in [3.8, 4) is 0 Å². The first-order valence-electron chi connectivity index (χ1n) is 4.04. The van der Waals surface area contributed by atoms with Crippen molar-refractivity contribution in [3.05, 3.63) is 11.8 Å². The maximum absolute atomic E-state index is 10.7. The van der Waals surface area contributed by atoms with Crippen LogP contribution in [0.1, 0.15) is 13.3 Å². The Kier molecular flexibility index (Phi) is 4.80. The average molecular weight is 185 g/mol. The minimum atomic E-state index is -0.969. The highest BCUT2D eigenvalue weighted by Gasteiger charge is 2.15. The van der Waals surface area contributed by atoms with Gasteiger partial charge < -0.3 is 14.8 Å². The molecule has 0 aromatic carbocycles. The molecule has 1 unspecified atom stereocenters. The lowest BCUT2D eigenvalue weighted by atomic mass is 9.99. The van der Waals surface area contributed by atoms with Crippen LogP contribution in [0.3, 0.4) is 0 Å². The second-order valence-corrected chi connectivity index (χ2v) is 3.16. The molecule has 0 saturated heterocycles. The lowest BCUT2D eigenvalue weighted by Crippen LogP contribution is -2.15. The molecule has 0 aromatic heterocycles. The SMILES string of the molecule is CC(CC=O)C(=CN(C)C)C(=O)O. The Balaban J connectivity index is 4.60. The molecule has 0 fully saturated rings. The Morgan fingerprint density at radius 1 is 1.54 bits per heavy atom. The minimum Gasteiger partial charge on any atom is -0.478 e. The first kappa shape index (κ1) is 11.7. The third kappa shape index (κ3) is 4.30. The molecule has 0 rings (SSSR count). The molecule has 13 heavy (non-hydrogen) atoms. The smallest absolute Gasteiger partial charge is 0.333 e. The summed E-state index contributed by atoms with van der Waals surface area (Å²) >= 11 is 0. The molecule has 74 valence electrons. The number of nitrogens with zero attached hydrogens (tertiary/aromatic N) is 1. The van der Waals surface area contributed by atoms with Crippen molar-refractivity contribution < 1.29 is 14.7 Å². The van der Waals surface area contributed by atoms with Crippen LogP contribution >= 0.6 is 0 Å². The highest BCUT2D eigenvalue weighted by Crippen LogP contribution is 2.13. The van der Waals surface area contributed by atoms with Crippen LogP contribution in [0.15, 0.2) is 11.8 Å². The van der Waals surface area contributed by atoms with Gasteiger partial charge in [-0.3, -0.25) is 0 Å². The van der Waals surface area contributed by atoms with Crippen molar-refractivity contribution >= 4 is 12.3 Å². The van der Waals surface area contributed by atoms with Crippen molar-refractivity contribution in [1.82, 2.24) is 4.90 Å². The molecule has 0 aliphatic carbocycles. The van der Waals surface area contributed by atoms with Gasteiger partial charge in [0.15, 0.2) is 0 Å². The van der Waals surface area contributed by atoms with Crippen molar-refractivity contribution in [2.24, 2.45) is 5.92 Å². The van der Waals surface area contributed by atoms with Crippen LogP contribution in [0, 0.1) is 5.92 Å². The Labute approximate surface area is 77.8 Å². The molecule has 1 atom stereocenters. The van der Waals surface area contributed by atoms with Crippen LogP contribution < -0.4 is 0 Å². The lowest BCUT2D eigenvalue weighted by Gasteiger charge is -2.12. The number of carbonyl (C=O) groups is 2. The van der Waals surface area contributed by atoms with Crippen LogP contribution in [-0.4, -0.2) is 36.4 Å². The molecule has 0 aromatic rings. The first-order valence-corrected chi connectivity index (χ1v) is 4.04. The van der Waals surface area contributed by atoms with E-state index in [9.17, 15) is 9.59 Å². The summed E-state index contributed by atoms with van der Waals surface area (Å²) in [6.45, 7) is 1.72. The van der Waals surface area contributed by atoms with Gasteiger partial charge in [0.25, 0.3) is 0 Å². The van der Waals surface area contributed by atoms with Gasteiger partial charge in [-0.25, -0.2) is 4.79 Å². The molecule has 4 heteroatoms. The van der Waals surface area contributed by atoms with E-state index in [4.69, 9.17) is 5.11 Å². The fraction of sp³-hybridized carbons (Fsp3) is 0.556. The predicted molar refractivity (Wildman–Crippen MR) is 49.3 cm³/mol. The molecule has 1 N–H and O–H groups in total. The fourth-order valence-electron chi connectivity index (χ4n) is 0.943. The normalized spacial score (nSPS) is 13.6. The summed E-state index contributed by atoms with van der Waals surface area (Å²) < 4.78 is 0. The zero-order chi connectivity index (χ0) is 10.4. The van der Waals surface area contributed by atoms with Crippen molar-refractivity contribution in [2.75, 3.05) is 14.1 Å². The maximum Gasteiger partial charge on any atom is 0.333 e. The molecule has 0 amide bonds. The topological polar surface area (TPSA) is 57.6 Å². The van der Waals surface area contributed by atoms with Crippen molar-refractivity contribution in [1.29, 1.82) is 0 Å². The molecule has 0 aliphatic heterocycles. The minimum absolute atomic E-state index is 0.239. The monoisotopic (exact) mass is 185 g/mol. The molecular formula is C9H15NO3. The van der Waals surface area contributed by atoms with Gasteiger partial charge in [-0.2, -0.15) is 0 Å². The van der Waals surface area contributed by atoms with E-state index < -0.39 is 5.97 Å². The van der Waals surface area contributed by atoms with E-state index in [2.05, 4.69) is 0 Å². The van der Waals surface area contributed by atoms with E-state index in [1.54, 1.807) is 25.9 Å². The van der Waals surface area contributed by atoms with E-state index >= 15 is 0 Å². The van der Waals surface area contributed by atoms with E-state index in [0.29, 0.717) is 0 Å². The van der Waals surface area contributed by atoms with Gasteiger partial charge in [-0.1, -0.05) is 6.92 Å². The van der Waals surface area contributed by atoms with Crippen molar-refractivity contribution in [2.45, 2.75) is 13.3 Å². The zero-order valence-corrected chi connectivity index (χ0v) is 8.15. The quantitative estimate of drug-likeness (QED) is 0.507. The third-order valence-corrected chi connectivity index (χ3v) is 1.62. The molecule has 0 saturated carbocycles. The number of rotatable bonds is 5. The summed E-state index contributed by atoms with van der Waals surface area (Å²) in [7, 11) is 3.49. The number of hydrogen-bond donors (Lipinski definition) is 1. The largest absolute Gasteiger partial charge is 0.478 e. The lowest BCUT2D eigenvalue weighted by molar-refractivity contribution is -0.133. The van der Waals surface area contributed by atoms with Crippen LogP contribution in [0.5, 0.6) is 0 Å². The second-order valence-electron chi connectivity index (χ2n) is 3.16. The summed E-state index contributed by atoms with van der Waals surface area (Å²) in [5, 5.41) is 8.81. The Hall–Kier alpha value is -1.32. The van der Waals surface area contributed by atoms with Gasteiger partial charge in [-0.05, 0) is 5.92 Å².